The zero-order chi connectivity index (χ0) is 15.1. The molecule has 6 heteroatoms. The number of urea groups is 1. The van der Waals surface area contributed by atoms with Crippen molar-refractivity contribution in [3.8, 4) is 11.5 Å². The number of morpholine rings is 1. The van der Waals surface area contributed by atoms with Crippen molar-refractivity contribution < 1.29 is 19.0 Å². The number of carbonyl (C=O) groups excluding carboxylic acids is 1. The maximum atomic E-state index is 11.8. The van der Waals surface area contributed by atoms with Crippen LogP contribution >= 0.6 is 0 Å². The van der Waals surface area contributed by atoms with Crippen LogP contribution in [0.1, 0.15) is 6.92 Å². The molecule has 0 aromatic heterocycles. The second-order valence-corrected chi connectivity index (χ2v) is 4.74. The van der Waals surface area contributed by atoms with Crippen LogP contribution in [0.2, 0.25) is 0 Å². The van der Waals surface area contributed by atoms with Gasteiger partial charge in [-0.15, -0.1) is 0 Å². The number of benzene rings is 1. The number of para-hydroxylation sites is 2. The minimum atomic E-state index is -0.133. The summed E-state index contributed by atoms with van der Waals surface area (Å²) in [6, 6.07) is 7.42. The van der Waals surface area contributed by atoms with Crippen LogP contribution in [0.4, 0.5) is 4.79 Å². The van der Waals surface area contributed by atoms with E-state index in [1.807, 2.05) is 31.2 Å². The summed E-state index contributed by atoms with van der Waals surface area (Å²) in [5.74, 6) is 1.37. The summed E-state index contributed by atoms with van der Waals surface area (Å²) >= 11 is 0. The highest BCUT2D eigenvalue weighted by Gasteiger charge is 2.24. The molecule has 6 nitrogen and oxygen atoms in total. The fraction of sp³-hybridized carbons (Fsp3) is 0.533. The largest absolute Gasteiger partial charge is 0.493 e. The predicted octanol–water partition coefficient (Wildman–Crippen LogP) is 1.50. The third-order valence-corrected chi connectivity index (χ3v) is 3.25. The summed E-state index contributed by atoms with van der Waals surface area (Å²) in [6.45, 7) is 4.57. The molecule has 0 saturated carbocycles. The molecular formula is C15H22N2O4. The molecule has 0 unspecified atom stereocenters. The Morgan fingerprint density at radius 1 is 1.43 bits per heavy atom. The van der Waals surface area contributed by atoms with Gasteiger partial charge in [0, 0.05) is 13.1 Å². The zero-order valence-corrected chi connectivity index (χ0v) is 12.5. The first-order valence-electron chi connectivity index (χ1n) is 7.14. The van der Waals surface area contributed by atoms with Gasteiger partial charge in [0.05, 0.1) is 20.3 Å². The van der Waals surface area contributed by atoms with Crippen LogP contribution in [0.3, 0.4) is 0 Å². The van der Waals surface area contributed by atoms with Crippen LogP contribution in [-0.2, 0) is 4.74 Å². The van der Waals surface area contributed by atoms with E-state index in [0.29, 0.717) is 44.3 Å². The number of methoxy groups -OCH3 is 1. The molecule has 1 aromatic carbocycles. The van der Waals surface area contributed by atoms with Crippen LogP contribution in [-0.4, -0.2) is 57.0 Å². The number of carbonyl (C=O) groups is 1. The lowest BCUT2D eigenvalue weighted by Gasteiger charge is -2.32. The summed E-state index contributed by atoms with van der Waals surface area (Å²) < 4.78 is 16.6. The van der Waals surface area contributed by atoms with Gasteiger partial charge in [-0.05, 0) is 19.1 Å². The van der Waals surface area contributed by atoms with E-state index in [1.54, 1.807) is 12.0 Å². The normalized spacial score (nSPS) is 18.2. The molecule has 0 radical (unpaired) electrons. The van der Waals surface area contributed by atoms with Gasteiger partial charge >= 0.3 is 6.03 Å². The number of hydrogen-bond acceptors (Lipinski definition) is 4. The van der Waals surface area contributed by atoms with Crippen LogP contribution in [0.25, 0.3) is 0 Å². The van der Waals surface area contributed by atoms with Crippen molar-refractivity contribution in [2.75, 3.05) is 40.0 Å². The minimum Gasteiger partial charge on any atom is -0.493 e. The minimum absolute atomic E-state index is 0.0527. The van der Waals surface area contributed by atoms with Gasteiger partial charge in [0.2, 0.25) is 0 Å². The van der Waals surface area contributed by atoms with Crippen molar-refractivity contribution in [3.63, 3.8) is 0 Å². The molecule has 0 aliphatic carbocycles. The van der Waals surface area contributed by atoms with E-state index in [4.69, 9.17) is 14.2 Å². The topological polar surface area (TPSA) is 60.0 Å². The number of nitrogens with zero attached hydrogens (tertiary/aromatic N) is 1. The monoisotopic (exact) mass is 294 g/mol. The van der Waals surface area contributed by atoms with Crippen molar-refractivity contribution in [3.05, 3.63) is 24.3 Å². The van der Waals surface area contributed by atoms with Crippen LogP contribution in [0.15, 0.2) is 24.3 Å². The van der Waals surface area contributed by atoms with Crippen molar-refractivity contribution in [1.82, 2.24) is 10.2 Å². The molecule has 21 heavy (non-hydrogen) atoms. The van der Waals surface area contributed by atoms with Crippen molar-refractivity contribution in [2.45, 2.75) is 13.0 Å². The Balaban J connectivity index is 1.86. The van der Waals surface area contributed by atoms with E-state index in [-0.39, 0.29) is 12.1 Å². The Kier molecular flexibility index (Phi) is 5.68. The highest BCUT2D eigenvalue weighted by Crippen LogP contribution is 2.26. The third kappa shape index (κ3) is 4.26. The van der Waals surface area contributed by atoms with Gasteiger partial charge in [-0.2, -0.15) is 0 Å². The first kappa shape index (κ1) is 15.4. The summed E-state index contributed by atoms with van der Waals surface area (Å²) in [7, 11) is 1.61. The second kappa shape index (κ2) is 7.73. The van der Waals surface area contributed by atoms with E-state index in [9.17, 15) is 4.79 Å². The van der Waals surface area contributed by atoms with Crippen LogP contribution < -0.4 is 14.8 Å². The van der Waals surface area contributed by atoms with Gasteiger partial charge in [0.25, 0.3) is 0 Å². The van der Waals surface area contributed by atoms with Crippen molar-refractivity contribution in [2.24, 2.45) is 0 Å². The maximum absolute atomic E-state index is 11.8. The maximum Gasteiger partial charge on any atom is 0.317 e. The van der Waals surface area contributed by atoms with Gasteiger partial charge in [-0.25, -0.2) is 4.79 Å². The van der Waals surface area contributed by atoms with E-state index >= 15 is 0 Å². The molecule has 1 fully saturated rings. The fourth-order valence-corrected chi connectivity index (χ4v) is 2.19. The Labute approximate surface area is 125 Å². The van der Waals surface area contributed by atoms with Crippen LogP contribution in [0.5, 0.6) is 11.5 Å². The molecular weight excluding hydrogens is 272 g/mol. The molecule has 1 aliphatic rings. The fourth-order valence-electron chi connectivity index (χ4n) is 2.19. The lowest BCUT2D eigenvalue weighted by Crippen LogP contribution is -2.51. The summed E-state index contributed by atoms with van der Waals surface area (Å²) in [5.41, 5.74) is 0. The van der Waals surface area contributed by atoms with Gasteiger partial charge in [0.15, 0.2) is 11.5 Å². The molecule has 1 N–H and O–H groups in total. The number of hydrogen-bond donors (Lipinski definition) is 1. The van der Waals surface area contributed by atoms with E-state index < -0.39 is 0 Å². The number of amides is 2. The summed E-state index contributed by atoms with van der Waals surface area (Å²) in [6.07, 6.45) is -0.133. The third-order valence-electron chi connectivity index (χ3n) is 3.25. The van der Waals surface area contributed by atoms with Gasteiger partial charge in [-0.3, -0.25) is 0 Å². The Morgan fingerprint density at radius 3 is 2.90 bits per heavy atom. The van der Waals surface area contributed by atoms with Crippen LogP contribution in [0, 0.1) is 0 Å². The standard InChI is InChI=1S/C15H22N2O4/c1-3-16-15(18)17-8-9-20-12(10-17)11-21-14-7-5-4-6-13(14)19-2/h4-7,12H,3,8-11H2,1-2H3,(H,16,18)/t12-/m0/s1. The van der Waals surface area contributed by atoms with Gasteiger partial charge in [-0.1, -0.05) is 12.1 Å². The molecule has 116 valence electrons. The molecule has 1 heterocycles. The first-order chi connectivity index (χ1) is 10.2. The summed E-state index contributed by atoms with van der Waals surface area (Å²) in [4.78, 5) is 13.6. The highest BCUT2D eigenvalue weighted by molar-refractivity contribution is 5.74. The lowest BCUT2D eigenvalue weighted by molar-refractivity contribution is -0.0354. The molecule has 1 saturated heterocycles. The zero-order valence-electron chi connectivity index (χ0n) is 12.5. The number of ether oxygens (including phenoxy) is 3. The highest BCUT2D eigenvalue weighted by atomic mass is 16.5. The molecule has 2 amide bonds. The van der Waals surface area contributed by atoms with Gasteiger partial charge < -0.3 is 24.4 Å². The predicted molar refractivity (Wildman–Crippen MR) is 78.9 cm³/mol. The van der Waals surface area contributed by atoms with E-state index in [0.717, 1.165) is 0 Å². The number of rotatable bonds is 5. The molecule has 1 aliphatic heterocycles. The Bertz CT molecular complexity index is 467. The Morgan fingerprint density at radius 2 is 2.19 bits per heavy atom. The molecule has 0 spiro atoms. The molecule has 2 rings (SSSR count). The first-order valence-corrected chi connectivity index (χ1v) is 7.14. The smallest absolute Gasteiger partial charge is 0.317 e. The average Bonchev–Trinajstić information content (AvgIpc) is 2.53. The molecule has 1 aromatic rings. The quantitative estimate of drug-likeness (QED) is 0.894. The SMILES string of the molecule is CCNC(=O)N1CCO[C@H](COc2ccccc2OC)C1. The van der Waals surface area contributed by atoms with Crippen molar-refractivity contribution >= 4 is 6.03 Å². The van der Waals surface area contributed by atoms with Crippen molar-refractivity contribution in [1.29, 1.82) is 0 Å². The van der Waals surface area contributed by atoms with E-state index in [2.05, 4.69) is 5.32 Å². The Hall–Kier alpha value is -1.95. The second-order valence-electron chi connectivity index (χ2n) is 4.74. The number of nitrogens with one attached hydrogen (secondary N) is 1. The average molecular weight is 294 g/mol. The summed E-state index contributed by atoms with van der Waals surface area (Å²) in [5, 5.41) is 2.80. The molecule has 1 atom stereocenters. The van der Waals surface area contributed by atoms with E-state index in [1.165, 1.54) is 0 Å². The van der Waals surface area contributed by atoms with Gasteiger partial charge in [0.1, 0.15) is 12.7 Å². The lowest BCUT2D eigenvalue weighted by atomic mass is 10.3. The molecule has 0 bridgehead atoms.